The highest BCUT2D eigenvalue weighted by molar-refractivity contribution is 6.31. The van der Waals surface area contributed by atoms with Gasteiger partial charge in [0.05, 0.1) is 43.9 Å². The van der Waals surface area contributed by atoms with E-state index < -0.39 is 0 Å². The molecule has 6 nitrogen and oxygen atoms in total. The Bertz CT molecular complexity index is 1000. The lowest BCUT2D eigenvalue weighted by atomic mass is 10.2. The van der Waals surface area contributed by atoms with Gasteiger partial charge in [-0.15, -0.1) is 0 Å². The van der Waals surface area contributed by atoms with Crippen molar-refractivity contribution in [2.24, 2.45) is 0 Å². The zero-order valence-corrected chi connectivity index (χ0v) is 15.7. The van der Waals surface area contributed by atoms with Crippen LogP contribution in [-0.4, -0.2) is 20.6 Å². The lowest BCUT2D eigenvalue weighted by Crippen LogP contribution is -2.29. The van der Waals surface area contributed by atoms with Crippen LogP contribution in [0.3, 0.4) is 0 Å². The molecule has 28 heavy (non-hydrogen) atoms. The summed E-state index contributed by atoms with van der Waals surface area (Å²) in [5, 5.41) is 4.98. The van der Waals surface area contributed by atoms with Gasteiger partial charge in [0.25, 0.3) is 5.91 Å². The molecule has 0 aliphatic rings. The lowest BCUT2D eigenvalue weighted by Gasteiger charge is -2.19. The van der Waals surface area contributed by atoms with Crippen molar-refractivity contribution >= 4 is 17.5 Å². The Hall–Kier alpha value is -3.25. The van der Waals surface area contributed by atoms with Crippen LogP contribution >= 0.6 is 11.6 Å². The van der Waals surface area contributed by atoms with E-state index in [0.717, 1.165) is 5.56 Å². The zero-order valence-electron chi connectivity index (χ0n) is 15.0. The summed E-state index contributed by atoms with van der Waals surface area (Å²) in [7, 11) is 0. The molecule has 0 saturated heterocycles. The van der Waals surface area contributed by atoms with Gasteiger partial charge in [-0.1, -0.05) is 29.8 Å². The number of nitrogens with zero attached hydrogens (tertiary/aromatic N) is 3. The summed E-state index contributed by atoms with van der Waals surface area (Å²) >= 11 is 6.22. The predicted octanol–water partition coefficient (Wildman–Crippen LogP) is 4.61. The van der Waals surface area contributed by atoms with Crippen LogP contribution in [0.25, 0.3) is 0 Å². The molecule has 0 N–H and O–H groups in total. The molecule has 3 heterocycles. The van der Waals surface area contributed by atoms with Gasteiger partial charge in [-0.05, 0) is 35.9 Å². The molecule has 142 valence electrons. The van der Waals surface area contributed by atoms with Crippen molar-refractivity contribution in [3.63, 3.8) is 0 Å². The molecule has 0 saturated carbocycles. The van der Waals surface area contributed by atoms with Crippen LogP contribution in [0, 0.1) is 0 Å². The Morgan fingerprint density at radius 3 is 2.29 bits per heavy atom. The van der Waals surface area contributed by atoms with E-state index in [1.165, 1.54) is 0 Å². The van der Waals surface area contributed by atoms with E-state index >= 15 is 0 Å². The molecule has 0 atom stereocenters. The van der Waals surface area contributed by atoms with Crippen LogP contribution in [-0.2, 0) is 19.6 Å². The van der Waals surface area contributed by atoms with Crippen molar-refractivity contribution in [1.29, 1.82) is 0 Å². The molecule has 7 heteroatoms. The van der Waals surface area contributed by atoms with Crippen molar-refractivity contribution in [2.75, 3.05) is 0 Å². The van der Waals surface area contributed by atoms with Crippen molar-refractivity contribution in [3.05, 3.63) is 101 Å². The average Bonchev–Trinajstić information content (AvgIpc) is 3.45. The maximum Gasteiger partial charge on any atom is 0.257 e. The molecule has 0 aliphatic heterocycles. The number of benzene rings is 1. The third kappa shape index (κ3) is 4.18. The van der Waals surface area contributed by atoms with Crippen LogP contribution in [0.5, 0.6) is 0 Å². The number of hydrogen-bond acceptors (Lipinski definition) is 4. The van der Waals surface area contributed by atoms with Crippen molar-refractivity contribution in [1.82, 2.24) is 14.7 Å². The first kappa shape index (κ1) is 18.1. The molecule has 4 aromatic rings. The average molecular weight is 396 g/mol. The number of amides is 1. The molecule has 4 rings (SSSR count). The van der Waals surface area contributed by atoms with Gasteiger partial charge in [-0.3, -0.25) is 9.48 Å². The van der Waals surface area contributed by atoms with Crippen LogP contribution in [0.15, 0.2) is 82.3 Å². The molecule has 3 aromatic heterocycles. The summed E-state index contributed by atoms with van der Waals surface area (Å²) in [5.41, 5.74) is 1.43. The summed E-state index contributed by atoms with van der Waals surface area (Å²) < 4.78 is 12.5. The van der Waals surface area contributed by atoms with Gasteiger partial charge in [-0.25, -0.2) is 0 Å². The summed E-state index contributed by atoms with van der Waals surface area (Å²) in [6, 6.07) is 14.8. The SMILES string of the molecule is O=C(c1cnn(Cc2ccccc2Cl)c1)N(Cc1ccco1)Cc1ccco1. The third-order valence-corrected chi connectivity index (χ3v) is 4.68. The lowest BCUT2D eigenvalue weighted by molar-refractivity contribution is 0.0704. The Morgan fingerprint density at radius 1 is 1.00 bits per heavy atom. The maximum absolute atomic E-state index is 13.1. The predicted molar refractivity (Wildman–Crippen MR) is 104 cm³/mol. The fourth-order valence-corrected chi connectivity index (χ4v) is 3.12. The van der Waals surface area contributed by atoms with Gasteiger partial charge in [0.1, 0.15) is 11.5 Å². The van der Waals surface area contributed by atoms with E-state index in [-0.39, 0.29) is 5.91 Å². The highest BCUT2D eigenvalue weighted by Crippen LogP contribution is 2.18. The monoisotopic (exact) mass is 395 g/mol. The molecule has 0 spiro atoms. The summed E-state index contributed by atoms with van der Waals surface area (Å²) in [6.07, 6.45) is 6.47. The van der Waals surface area contributed by atoms with Crippen molar-refractivity contribution < 1.29 is 13.6 Å². The molecule has 0 aliphatic carbocycles. The highest BCUT2D eigenvalue weighted by atomic mass is 35.5. The number of furan rings is 2. The molecular formula is C21H18ClN3O3. The van der Waals surface area contributed by atoms with Gasteiger partial charge in [-0.2, -0.15) is 5.10 Å². The summed E-state index contributed by atoms with van der Waals surface area (Å²) in [4.78, 5) is 14.8. The standard InChI is InChI=1S/C21H18ClN3O3/c22-20-8-2-1-5-16(20)12-25-13-17(11-23-25)21(26)24(14-18-6-3-9-27-18)15-19-7-4-10-28-19/h1-11,13H,12,14-15H2. The zero-order chi connectivity index (χ0) is 19.3. The normalized spacial score (nSPS) is 10.9. The van der Waals surface area contributed by atoms with Gasteiger partial charge >= 0.3 is 0 Å². The fourth-order valence-electron chi connectivity index (χ4n) is 2.93. The maximum atomic E-state index is 13.1. The Kier molecular flexibility index (Phi) is 5.30. The molecule has 0 unspecified atom stereocenters. The van der Waals surface area contributed by atoms with Crippen LogP contribution in [0.1, 0.15) is 27.4 Å². The second kappa shape index (κ2) is 8.19. The molecule has 1 amide bonds. The van der Waals surface area contributed by atoms with Gasteiger partial charge in [0.2, 0.25) is 0 Å². The Morgan fingerprint density at radius 2 is 1.68 bits per heavy atom. The largest absolute Gasteiger partial charge is 0.467 e. The first-order valence-corrected chi connectivity index (χ1v) is 9.17. The van der Waals surface area contributed by atoms with Crippen LogP contribution in [0.4, 0.5) is 0 Å². The summed E-state index contributed by atoms with van der Waals surface area (Å²) in [6.45, 7) is 1.16. The van der Waals surface area contributed by atoms with E-state index in [9.17, 15) is 4.79 Å². The van der Waals surface area contributed by atoms with E-state index in [4.69, 9.17) is 20.4 Å². The van der Waals surface area contributed by atoms with Crippen LogP contribution < -0.4 is 0 Å². The smallest absolute Gasteiger partial charge is 0.257 e. The molecule has 0 radical (unpaired) electrons. The second-order valence-corrected chi connectivity index (χ2v) is 6.75. The topological polar surface area (TPSA) is 64.4 Å². The van der Waals surface area contributed by atoms with Crippen LogP contribution in [0.2, 0.25) is 5.02 Å². The minimum absolute atomic E-state index is 0.154. The van der Waals surface area contributed by atoms with Gasteiger partial charge in [0, 0.05) is 11.2 Å². The number of halogens is 1. The van der Waals surface area contributed by atoms with E-state index in [1.54, 1.807) is 46.6 Å². The van der Waals surface area contributed by atoms with Crippen molar-refractivity contribution in [3.8, 4) is 0 Å². The number of rotatable bonds is 7. The first-order chi connectivity index (χ1) is 13.7. The second-order valence-electron chi connectivity index (χ2n) is 6.34. The van der Waals surface area contributed by atoms with E-state index in [2.05, 4.69) is 5.10 Å². The number of aromatic nitrogens is 2. The fraction of sp³-hybridized carbons (Fsp3) is 0.143. The van der Waals surface area contributed by atoms with E-state index in [0.29, 0.717) is 41.7 Å². The van der Waals surface area contributed by atoms with Gasteiger partial charge < -0.3 is 13.7 Å². The first-order valence-electron chi connectivity index (χ1n) is 8.79. The number of carbonyl (C=O) groups excluding carboxylic acids is 1. The Labute approximate surface area is 166 Å². The van der Waals surface area contributed by atoms with E-state index in [1.807, 2.05) is 36.4 Å². The molecule has 1 aromatic carbocycles. The molecular weight excluding hydrogens is 378 g/mol. The van der Waals surface area contributed by atoms with Gasteiger partial charge in [0.15, 0.2) is 0 Å². The number of hydrogen-bond donors (Lipinski definition) is 0. The molecule has 0 fully saturated rings. The minimum Gasteiger partial charge on any atom is -0.467 e. The summed E-state index contributed by atoms with van der Waals surface area (Å²) in [5.74, 6) is 1.24. The quantitative estimate of drug-likeness (QED) is 0.458. The number of carbonyl (C=O) groups is 1. The third-order valence-electron chi connectivity index (χ3n) is 4.31. The van der Waals surface area contributed by atoms with Crippen molar-refractivity contribution in [2.45, 2.75) is 19.6 Å². The molecule has 0 bridgehead atoms. The highest BCUT2D eigenvalue weighted by Gasteiger charge is 2.20. The Balaban J connectivity index is 1.53. The minimum atomic E-state index is -0.154.